The molecule has 3 aliphatic heterocycles. The molecule has 2 aliphatic carbocycles. The predicted octanol–water partition coefficient (Wildman–Crippen LogP) is 4.47. The molecule has 2 aromatic rings. The predicted molar refractivity (Wildman–Crippen MR) is 168 cm³/mol. The summed E-state index contributed by atoms with van der Waals surface area (Å²) in [5.74, 6) is -2.32. The normalized spacial score (nSPS) is 36.3. The average molecular weight is 666 g/mol. The minimum Gasteiger partial charge on any atom is -0.483 e. The highest BCUT2D eigenvalue weighted by Gasteiger charge is 2.78. The number of nitrogens with two attached hydrogens (primary N) is 1. The van der Waals surface area contributed by atoms with E-state index in [9.17, 15) is 24.0 Å². The van der Waals surface area contributed by atoms with Crippen LogP contribution in [0.4, 0.5) is 0 Å². The smallest absolute Gasteiger partial charge is 0.351 e. The van der Waals surface area contributed by atoms with Gasteiger partial charge in [-0.1, -0.05) is 27.7 Å². The van der Waals surface area contributed by atoms with E-state index in [2.05, 4.69) is 0 Å². The molecule has 6 atom stereocenters. The molecule has 12 nitrogen and oxygen atoms in total. The lowest BCUT2D eigenvalue weighted by Crippen LogP contribution is -2.57. The molecule has 12 heteroatoms. The first kappa shape index (κ1) is 32.6. The van der Waals surface area contributed by atoms with Crippen molar-refractivity contribution in [1.29, 1.82) is 0 Å². The van der Waals surface area contributed by atoms with Gasteiger partial charge < -0.3 is 33.8 Å². The van der Waals surface area contributed by atoms with E-state index in [1.807, 2.05) is 27.7 Å². The third-order valence-corrected chi connectivity index (χ3v) is 13.6. The summed E-state index contributed by atoms with van der Waals surface area (Å²) in [6.07, 6.45) is -1.38. The van der Waals surface area contributed by atoms with Crippen LogP contribution < -0.4 is 16.1 Å². The van der Waals surface area contributed by atoms with Crippen LogP contribution in [-0.4, -0.2) is 46.8 Å². The second kappa shape index (κ2) is 9.40. The summed E-state index contributed by atoms with van der Waals surface area (Å²) in [4.78, 5) is 68.3. The Hall–Kier alpha value is -3.93. The molecular weight excluding hydrogens is 622 g/mol. The highest BCUT2D eigenvalue weighted by atomic mass is 16.7. The lowest BCUT2D eigenvalue weighted by molar-refractivity contribution is -0.217. The Morgan fingerprint density at radius 1 is 0.792 bits per heavy atom. The first-order chi connectivity index (χ1) is 22.2. The van der Waals surface area contributed by atoms with Gasteiger partial charge in [0.05, 0.1) is 22.0 Å². The number of carbonyl (C=O) groups excluding carboxylic acids is 4. The number of hydrogen-bond acceptors (Lipinski definition) is 12. The number of hydrogen-bond donors (Lipinski definition) is 1. The Morgan fingerprint density at radius 3 is 1.77 bits per heavy atom. The Kier molecular flexibility index (Phi) is 6.38. The van der Waals surface area contributed by atoms with Gasteiger partial charge in [-0.15, -0.1) is 0 Å². The zero-order chi connectivity index (χ0) is 35.2. The molecule has 4 bridgehead atoms. The quantitative estimate of drug-likeness (QED) is 0.270. The molecule has 2 saturated heterocycles. The second-order valence-corrected chi connectivity index (χ2v) is 16.3. The zero-order valence-corrected chi connectivity index (χ0v) is 28.9. The first-order valence-corrected chi connectivity index (χ1v) is 16.5. The van der Waals surface area contributed by atoms with Crippen molar-refractivity contribution in [1.82, 2.24) is 0 Å². The van der Waals surface area contributed by atoms with Gasteiger partial charge in [0.15, 0.2) is 12.2 Å². The van der Waals surface area contributed by atoms with E-state index in [1.54, 1.807) is 46.8 Å². The standard InChI is InChI=1S/C36H43NO11/c1-17-18-10-11-20-21(22(18)43-25(38)19(17)16-37)23(44-28(41)35-14-12-33(8,26(39)47-35)31(35,4)5)24(30(2,3)46-20)45-29(42)36-15-13-34(9,27(40)48-36)32(36,6)7/h10-11,23-24H,12-16,37H2,1-9H3/t23-,24-,33?,34?,35?,36?/m1/s1. The van der Waals surface area contributed by atoms with Gasteiger partial charge in [-0.05, 0) is 78.0 Å². The summed E-state index contributed by atoms with van der Waals surface area (Å²) in [5.41, 5.74) is -1.84. The van der Waals surface area contributed by atoms with Gasteiger partial charge >= 0.3 is 29.5 Å². The minimum atomic E-state index is -1.61. The van der Waals surface area contributed by atoms with Crippen LogP contribution in [0.15, 0.2) is 21.3 Å². The Morgan fingerprint density at radius 2 is 1.31 bits per heavy atom. The molecule has 258 valence electrons. The number of fused-ring (bicyclic) bond motifs is 7. The maximum atomic E-state index is 14.5. The molecule has 4 heterocycles. The highest BCUT2D eigenvalue weighted by molar-refractivity contribution is 5.95. The fraction of sp³-hybridized carbons (Fsp3) is 0.639. The summed E-state index contributed by atoms with van der Waals surface area (Å²) in [5, 5.41) is 0.526. The van der Waals surface area contributed by atoms with E-state index in [4.69, 9.17) is 33.8 Å². The molecule has 0 radical (unpaired) electrons. The summed E-state index contributed by atoms with van der Waals surface area (Å²) >= 11 is 0. The van der Waals surface area contributed by atoms with Crippen molar-refractivity contribution in [3.63, 3.8) is 0 Å². The number of rotatable bonds is 5. The van der Waals surface area contributed by atoms with Crippen molar-refractivity contribution in [3.05, 3.63) is 39.2 Å². The molecule has 2 N–H and O–H groups in total. The van der Waals surface area contributed by atoms with Gasteiger partial charge in [0.1, 0.15) is 16.9 Å². The molecule has 2 saturated carbocycles. The summed E-state index contributed by atoms with van der Waals surface area (Å²) in [6.45, 7) is 15.9. The zero-order valence-electron chi connectivity index (χ0n) is 28.9. The first-order valence-electron chi connectivity index (χ1n) is 16.5. The van der Waals surface area contributed by atoms with Crippen LogP contribution in [0, 0.1) is 28.6 Å². The summed E-state index contributed by atoms with van der Waals surface area (Å²) in [7, 11) is 0. The van der Waals surface area contributed by atoms with Crippen LogP contribution >= 0.6 is 0 Å². The van der Waals surface area contributed by atoms with Crippen LogP contribution in [0.5, 0.6) is 5.75 Å². The van der Waals surface area contributed by atoms with Crippen molar-refractivity contribution in [2.45, 2.75) is 124 Å². The van der Waals surface area contributed by atoms with Gasteiger partial charge in [0, 0.05) is 22.8 Å². The van der Waals surface area contributed by atoms with Crippen molar-refractivity contribution in [2.24, 2.45) is 27.4 Å². The number of esters is 4. The number of ether oxygens (including phenoxy) is 5. The molecular formula is C36H43NO11. The van der Waals surface area contributed by atoms with Crippen molar-refractivity contribution >= 4 is 34.8 Å². The van der Waals surface area contributed by atoms with E-state index < -0.39 is 80.2 Å². The maximum Gasteiger partial charge on any atom is 0.351 e. The Bertz CT molecular complexity index is 1910. The molecule has 4 unspecified atom stereocenters. The summed E-state index contributed by atoms with van der Waals surface area (Å²) < 4.78 is 36.7. The summed E-state index contributed by atoms with van der Waals surface area (Å²) in [6, 6.07) is 3.41. The molecule has 7 rings (SSSR count). The van der Waals surface area contributed by atoms with Crippen LogP contribution in [-0.2, 0) is 44.7 Å². The van der Waals surface area contributed by atoms with E-state index in [0.717, 1.165) is 0 Å². The van der Waals surface area contributed by atoms with Gasteiger partial charge in [0.2, 0.25) is 11.2 Å². The van der Waals surface area contributed by atoms with Crippen LogP contribution in [0.25, 0.3) is 11.0 Å². The van der Waals surface area contributed by atoms with E-state index >= 15 is 0 Å². The Balaban J connectivity index is 1.39. The molecule has 0 amide bonds. The average Bonchev–Trinajstić information content (AvgIpc) is 3.46. The molecule has 1 aromatic carbocycles. The molecule has 1 aromatic heterocycles. The number of benzene rings is 1. The van der Waals surface area contributed by atoms with Gasteiger partial charge in [-0.2, -0.15) is 0 Å². The van der Waals surface area contributed by atoms with Crippen molar-refractivity contribution in [3.8, 4) is 5.75 Å². The number of carbonyl (C=O) groups is 4. The minimum absolute atomic E-state index is 0.0549. The van der Waals surface area contributed by atoms with Crippen molar-refractivity contribution < 1.29 is 47.3 Å². The van der Waals surface area contributed by atoms with Gasteiger partial charge in [0.25, 0.3) is 0 Å². The van der Waals surface area contributed by atoms with Crippen molar-refractivity contribution in [2.75, 3.05) is 0 Å². The highest BCUT2D eigenvalue weighted by Crippen LogP contribution is 2.67. The third-order valence-electron chi connectivity index (χ3n) is 13.6. The van der Waals surface area contributed by atoms with E-state index in [0.29, 0.717) is 23.8 Å². The van der Waals surface area contributed by atoms with Crippen LogP contribution in [0.3, 0.4) is 0 Å². The van der Waals surface area contributed by atoms with Gasteiger partial charge in [-0.3, -0.25) is 9.59 Å². The fourth-order valence-electron chi connectivity index (χ4n) is 9.06. The molecule has 0 spiro atoms. The third kappa shape index (κ3) is 3.52. The Labute approximate surface area is 277 Å². The molecule has 48 heavy (non-hydrogen) atoms. The van der Waals surface area contributed by atoms with E-state index in [-0.39, 0.29) is 41.8 Å². The monoisotopic (exact) mass is 665 g/mol. The maximum absolute atomic E-state index is 14.5. The molecule has 4 fully saturated rings. The second-order valence-electron chi connectivity index (χ2n) is 16.3. The largest absolute Gasteiger partial charge is 0.483 e. The lowest BCUT2D eigenvalue weighted by atomic mass is 9.66. The SMILES string of the molecule is Cc1c(CN)c(=O)oc2c3c(ccc12)OC(C)(C)[C@H](OC(=O)C12CCC(C)(C(=O)O1)C2(C)C)[C@@H]3OC(=O)C12CCC(C)(C(=O)O1)C2(C)C. The lowest BCUT2D eigenvalue weighted by Gasteiger charge is -2.45. The fourth-order valence-corrected chi connectivity index (χ4v) is 9.06. The number of aryl methyl sites for hydroxylation is 1. The van der Waals surface area contributed by atoms with Crippen LogP contribution in [0.1, 0.15) is 104 Å². The topological polar surface area (TPSA) is 171 Å². The van der Waals surface area contributed by atoms with E-state index in [1.165, 1.54) is 0 Å². The van der Waals surface area contributed by atoms with Crippen LogP contribution in [0.2, 0.25) is 0 Å². The van der Waals surface area contributed by atoms with Gasteiger partial charge in [-0.25, -0.2) is 14.4 Å². The molecule has 5 aliphatic rings.